The summed E-state index contributed by atoms with van der Waals surface area (Å²) in [6.45, 7) is 0. The fourth-order valence-electron chi connectivity index (χ4n) is 0.671. The fraction of sp³-hybridized carbons (Fsp3) is 0. The minimum atomic E-state index is 0. The van der Waals surface area contributed by atoms with Gasteiger partial charge in [-0.1, -0.05) is 22.6 Å². The molecular weight excluding hydrogens is 348 g/mol. The summed E-state index contributed by atoms with van der Waals surface area (Å²) < 4.78 is 1.31. The molecule has 0 aliphatic carbocycles. The molecule has 2 heteroatoms. The number of halogens is 1. The van der Waals surface area contributed by atoms with Crippen molar-refractivity contribution in [2.45, 2.75) is 0 Å². The summed E-state index contributed by atoms with van der Waals surface area (Å²) in [5, 5.41) is 0. The van der Waals surface area contributed by atoms with E-state index in [1.54, 1.807) is 0 Å². The Hall–Kier alpha value is 0.0534. The second-order valence-electron chi connectivity index (χ2n) is 2.07. The maximum Gasteiger partial charge on any atom is 2.00 e. The Bertz CT molecular complexity index is 228. The first-order chi connectivity index (χ1) is 5.39. The Morgan fingerprint density at radius 1 is 1.00 bits per heavy atom. The molecule has 0 aliphatic heterocycles. The van der Waals surface area contributed by atoms with Crippen molar-refractivity contribution in [3.63, 3.8) is 0 Å². The van der Waals surface area contributed by atoms with Crippen LogP contribution < -0.4 is 0 Å². The SMILES string of the molecule is Ic1ccc[cH-]1.[Ru+2].c1cc[cH-]c1. The van der Waals surface area contributed by atoms with E-state index in [1.165, 1.54) is 3.57 Å². The fourth-order valence-corrected chi connectivity index (χ4v) is 1.09. The molecule has 0 amide bonds. The van der Waals surface area contributed by atoms with E-state index in [-0.39, 0.29) is 19.5 Å². The zero-order chi connectivity index (χ0) is 7.94. The predicted octanol–water partition coefficient (Wildman–Crippen LogP) is 3.41. The molecule has 0 nitrogen and oxygen atoms in total. The molecule has 0 atom stereocenters. The third-order valence-corrected chi connectivity index (χ3v) is 1.90. The summed E-state index contributed by atoms with van der Waals surface area (Å²) in [5.74, 6) is 0. The van der Waals surface area contributed by atoms with Gasteiger partial charge < -0.3 is 0 Å². The normalized spacial score (nSPS) is 7.75. The van der Waals surface area contributed by atoms with Crippen molar-refractivity contribution in [3.05, 3.63) is 58.2 Å². The van der Waals surface area contributed by atoms with Crippen molar-refractivity contribution in [3.8, 4) is 0 Å². The van der Waals surface area contributed by atoms with Gasteiger partial charge >= 0.3 is 19.5 Å². The van der Waals surface area contributed by atoms with Crippen molar-refractivity contribution in [1.82, 2.24) is 0 Å². The zero-order valence-electron chi connectivity index (χ0n) is 6.43. The van der Waals surface area contributed by atoms with Crippen molar-refractivity contribution >= 4 is 22.6 Å². The van der Waals surface area contributed by atoms with E-state index < -0.39 is 0 Å². The second kappa shape index (κ2) is 7.69. The molecular formula is C10H9IRu. The summed E-state index contributed by atoms with van der Waals surface area (Å²) in [5.41, 5.74) is 0. The van der Waals surface area contributed by atoms with E-state index in [9.17, 15) is 0 Å². The Labute approximate surface area is 99.6 Å². The van der Waals surface area contributed by atoms with Crippen LogP contribution in [0.4, 0.5) is 0 Å². The van der Waals surface area contributed by atoms with Crippen molar-refractivity contribution in [2.24, 2.45) is 0 Å². The Kier molecular flexibility index (Phi) is 7.72. The first-order valence-corrected chi connectivity index (χ1v) is 4.51. The molecule has 2 aromatic carbocycles. The Morgan fingerprint density at radius 2 is 1.67 bits per heavy atom. The van der Waals surface area contributed by atoms with Gasteiger partial charge in [0.25, 0.3) is 0 Å². The van der Waals surface area contributed by atoms with Crippen LogP contribution >= 0.6 is 22.6 Å². The number of hydrogen-bond donors (Lipinski definition) is 0. The molecule has 12 heavy (non-hydrogen) atoms. The molecule has 64 valence electrons. The van der Waals surface area contributed by atoms with Crippen LogP contribution in [-0.2, 0) is 19.5 Å². The van der Waals surface area contributed by atoms with Gasteiger partial charge in [0.15, 0.2) is 0 Å². The van der Waals surface area contributed by atoms with Crippen molar-refractivity contribution < 1.29 is 19.5 Å². The zero-order valence-corrected chi connectivity index (χ0v) is 10.3. The topological polar surface area (TPSA) is 0 Å². The van der Waals surface area contributed by atoms with Gasteiger partial charge in [0.1, 0.15) is 0 Å². The van der Waals surface area contributed by atoms with Crippen LogP contribution in [0.15, 0.2) is 54.6 Å². The molecule has 2 aromatic rings. The number of hydrogen-bond acceptors (Lipinski definition) is 0. The van der Waals surface area contributed by atoms with Crippen molar-refractivity contribution in [2.75, 3.05) is 0 Å². The molecule has 0 heterocycles. The quantitative estimate of drug-likeness (QED) is 0.385. The standard InChI is InChI=1S/C5H4I.C5H5.Ru/c6-5-3-1-2-4-5;1-2-4-5-3-1;/h1-4H;1-5H;/q2*-1;+2. The molecule has 0 fully saturated rings. The van der Waals surface area contributed by atoms with Gasteiger partial charge in [-0.25, -0.2) is 24.3 Å². The third kappa shape index (κ3) is 5.67. The second-order valence-corrected chi connectivity index (χ2v) is 3.31. The smallest absolute Gasteiger partial charge is 0.214 e. The maximum absolute atomic E-state index is 2.28. The summed E-state index contributed by atoms with van der Waals surface area (Å²) in [6, 6.07) is 18.2. The Balaban J connectivity index is 0.000000189. The monoisotopic (exact) mass is 358 g/mol. The van der Waals surface area contributed by atoms with Crippen LogP contribution in [0.5, 0.6) is 0 Å². The van der Waals surface area contributed by atoms with E-state index in [4.69, 9.17) is 0 Å². The Morgan fingerprint density at radius 3 is 1.83 bits per heavy atom. The van der Waals surface area contributed by atoms with E-state index in [1.807, 2.05) is 42.5 Å². The molecule has 0 N–H and O–H groups in total. The van der Waals surface area contributed by atoms with Gasteiger partial charge in [-0.05, 0) is 0 Å². The van der Waals surface area contributed by atoms with Crippen LogP contribution in [0.1, 0.15) is 0 Å². The summed E-state index contributed by atoms with van der Waals surface area (Å²) in [7, 11) is 0. The average molecular weight is 357 g/mol. The van der Waals surface area contributed by atoms with Gasteiger partial charge in [-0.2, -0.15) is 30.3 Å². The largest absolute Gasteiger partial charge is 2.00 e. The minimum absolute atomic E-state index is 0. The van der Waals surface area contributed by atoms with Crippen LogP contribution in [0.2, 0.25) is 0 Å². The van der Waals surface area contributed by atoms with Gasteiger partial charge in [0, 0.05) is 0 Å². The molecule has 0 saturated carbocycles. The first-order valence-electron chi connectivity index (χ1n) is 3.43. The molecule has 0 saturated heterocycles. The van der Waals surface area contributed by atoms with E-state index in [0.717, 1.165) is 0 Å². The van der Waals surface area contributed by atoms with E-state index >= 15 is 0 Å². The average Bonchev–Trinajstić information content (AvgIpc) is 2.57. The first kappa shape index (κ1) is 12.1. The minimum Gasteiger partial charge on any atom is -0.214 e. The summed E-state index contributed by atoms with van der Waals surface area (Å²) in [6.07, 6.45) is 0. The molecule has 0 unspecified atom stereocenters. The predicted molar refractivity (Wildman–Crippen MR) is 56.8 cm³/mol. The van der Waals surface area contributed by atoms with Crippen LogP contribution in [0, 0.1) is 3.57 Å². The third-order valence-electron chi connectivity index (χ3n) is 1.18. The molecule has 0 aromatic heterocycles. The van der Waals surface area contributed by atoms with Crippen LogP contribution in [-0.4, -0.2) is 0 Å². The molecule has 2 rings (SSSR count). The van der Waals surface area contributed by atoms with Gasteiger partial charge in [0.2, 0.25) is 0 Å². The maximum atomic E-state index is 2.28. The summed E-state index contributed by atoms with van der Waals surface area (Å²) in [4.78, 5) is 0. The van der Waals surface area contributed by atoms with Crippen LogP contribution in [0.25, 0.3) is 0 Å². The van der Waals surface area contributed by atoms with Gasteiger partial charge in [-0.15, -0.1) is 3.57 Å². The molecule has 0 aliphatic rings. The molecule has 0 bridgehead atoms. The van der Waals surface area contributed by atoms with Gasteiger partial charge in [-0.3, -0.25) is 0 Å². The molecule has 0 spiro atoms. The van der Waals surface area contributed by atoms with Gasteiger partial charge in [0.05, 0.1) is 0 Å². The van der Waals surface area contributed by atoms with Crippen LogP contribution in [0.3, 0.4) is 0 Å². The number of rotatable bonds is 0. The summed E-state index contributed by atoms with van der Waals surface area (Å²) >= 11 is 2.28. The van der Waals surface area contributed by atoms with E-state index in [2.05, 4.69) is 34.7 Å². The van der Waals surface area contributed by atoms with E-state index in [0.29, 0.717) is 0 Å². The van der Waals surface area contributed by atoms with Crippen molar-refractivity contribution in [1.29, 1.82) is 0 Å². The molecule has 0 radical (unpaired) electrons.